The zero-order valence-electron chi connectivity index (χ0n) is 44.8. The number of anilines is 3. The van der Waals surface area contributed by atoms with E-state index in [2.05, 4.69) is 314 Å². The van der Waals surface area contributed by atoms with E-state index in [1.165, 1.54) is 108 Å². The van der Waals surface area contributed by atoms with Gasteiger partial charge in [0.1, 0.15) is 0 Å². The molecule has 0 N–H and O–H groups in total. The minimum Gasteiger partial charge on any atom is -0.310 e. The lowest BCUT2D eigenvalue weighted by Gasteiger charge is -2.35. The number of hydrogen-bond acceptors (Lipinski definition) is 2. The largest absolute Gasteiger partial charge is 0.310 e. The Morgan fingerprint density at radius 1 is 0.444 bits per heavy atom. The summed E-state index contributed by atoms with van der Waals surface area (Å²) in [6.07, 6.45) is 8.45. The molecule has 0 unspecified atom stereocenters. The van der Waals surface area contributed by atoms with E-state index in [0.29, 0.717) is 0 Å². The average Bonchev–Trinajstić information content (AvgIpc) is 2.98. The molecule has 0 fully saturated rings. The normalized spacial score (nSPS) is 12.9. The van der Waals surface area contributed by atoms with Crippen molar-refractivity contribution in [2.45, 2.75) is 12.3 Å². The SMILES string of the molecule is C=C/C=C(\C=C/C)n1c2cc(N(c3ccc(-c4ccccc4)cc3)c3ccc4c(c3)C(c3ccccc3)(c3ccccc3)c3ccccc3-4)ccc2c2c3sc4ccc(-c5ccccc5)cc4c3cc(-c3cccc4ccccc34)c21. The Kier molecular flexibility index (Phi) is 11.7. The Balaban J connectivity index is 1.04. The highest BCUT2D eigenvalue weighted by Crippen LogP contribution is 2.58. The number of benzene rings is 12. The number of allylic oxidation sites excluding steroid dienone is 5. The molecule has 0 radical (unpaired) electrons. The van der Waals surface area contributed by atoms with Crippen LogP contribution in [-0.2, 0) is 5.41 Å². The van der Waals surface area contributed by atoms with Crippen molar-refractivity contribution in [1.82, 2.24) is 4.57 Å². The fraction of sp³-hybridized carbons (Fsp3) is 0.0256. The van der Waals surface area contributed by atoms with Crippen LogP contribution in [-0.4, -0.2) is 4.57 Å². The molecule has 81 heavy (non-hydrogen) atoms. The van der Waals surface area contributed by atoms with E-state index in [0.717, 1.165) is 33.8 Å². The van der Waals surface area contributed by atoms with Crippen molar-refractivity contribution in [3.8, 4) is 44.5 Å². The second-order valence-corrected chi connectivity index (χ2v) is 22.2. The molecule has 14 aromatic rings. The van der Waals surface area contributed by atoms with Crippen molar-refractivity contribution >= 4 is 86.8 Å². The summed E-state index contributed by atoms with van der Waals surface area (Å²) in [7, 11) is 0. The van der Waals surface area contributed by atoms with Gasteiger partial charge in [-0.05, 0) is 146 Å². The molecule has 1 aliphatic rings. The molecule has 3 heteroatoms. The smallest absolute Gasteiger partial charge is 0.0714 e. The highest BCUT2D eigenvalue weighted by atomic mass is 32.1. The Bertz CT molecular complexity index is 4770. The lowest BCUT2D eigenvalue weighted by atomic mass is 9.67. The van der Waals surface area contributed by atoms with Gasteiger partial charge in [-0.25, -0.2) is 0 Å². The van der Waals surface area contributed by atoms with E-state index < -0.39 is 5.41 Å². The van der Waals surface area contributed by atoms with Crippen LogP contribution < -0.4 is 4.90 Å². The maximum absolute atomic E-state index is 4.31. The van der Waals surface area contributed by atoms with Gasteiger partial charge in [-0.2, -0.15) is 0 Å². The Labute approximate surface area is 476 Å². The first-order chi connectivity index (χ1) is 40.1. The van der Waals surface area contributed by atoms with Gasteiger partial charge in [-0.3, -0.25) is 0 Å². The van der Waals surface area contributed by atoms with Crippen molar-refractivity contribution < 1.29 is 0 Å². The van der Waals surface area contributed by atoms with Crippen LogP contribution in [0.15, 0.2) is 304 Å². The Hall–Kier alpha value is -10.1. The first-order valence-electron chi connectivity index (χ1n) is 27.9. The molecule has 382 valence electrons. The predicted octanol–water partition coefficient (Wildman–Crippen LogP) is 21.8. The van der Waals surface area contributed by atoms with E-state index >= 15 is 0 Å². The fourth-order valence-corrected chi connectivity index (χ4v) is 14.5. The summed E-state index contributed by atoms with van der Waals surface area (Å²) in [5.74, 6) is 0. The standard InChI is InChI=1S/C78H54N2S/c1-3-22-59(23-4-2)80-73-50-62(44-46-67(73)75-76(80)69(64-36-21-29-55-28-17-18-34-63(55)64)51-70-68-48-56(53-26-11-6-12-27-53)40-47-74(68)81-77(70)75)79(60-41-38-54(39-42-60)52-24-9-5-10-25-52)61-43-45-66-65-35-19-20-37-71(65)78(72(66)49-61,57-30-13-7-14-31-57)58-32-15-8-16-33-58/h3-51H,1H2,2H3/b23-4-,59-22+. The third-order valence-corrected chi connectivity index (χ3v) is 17.9. The number of nitrogens with zero attached hydrogens (tertiary/aromatic N) is 2. The molecule has 12 aromatic carbocycles. The molecule has 0 spiro atoms. The lowest BCUT2D eigenvalue weighted by molar-refractivity contribution is 0.768. The molecular formula is C78H54N2S. The minimum atomic E-state index is -0.573. The monoisotopic (exact) mass is 1050 g/mol. The van der Waals surface area contributed by atoms with Crippen LogP contribution in [0.5, 0.6) is 0 Å². The number of rotatable bonds is 11. The van der Waals surface area contributed by atoms with Gasteiger partial charge < -0.3 is 9.47 Å². The molecule has 2 aromatic heterocycles. The van der Waals surface area contributed by atoms with Gasteiger partial charge in [-0.1, -0.05) is 237 Å². The minimum absolute atomic E-state index is 0.573. The molecule has 0 atom stereocenters. The maximum atomic E-state index is 4.31. The van der Waals surface area contributed by atoms with Crippen LogP contribution in [0.1, 0.15) is 29.2 Å². The molecule has 0 bridgehead atoms. The van der Waals surface area contributed by atoms with E-state index in [-0.39, 0.29) is 0 Å². The third-order valence-electron chi connectivity index (χ3n) is 16.7. The van der Waals surface area contributed by atoms with E-state index in [1.54, 1.807) is 0 Å². The van der Waals surface area contributed by atoms with Crippen LogP contribution in [0.4, 0.5) is 17.1 Å². The predicted molar refractivity (Wildman–Crippen MR) is 347 cm³/mol. The highest BCUT2D eigenvalue weighted by molar-refractivity contribution is 7.26. The Morgan fingerprint density at radius 2 is 1.02 bits per heavy atom. The van der Waals surface area contributed by atoms with E-state index in [4.69, 9.17) is 0 Å². The molecule has 2 heterocycles. The second-order valence-electron chi connectivity index (χ2n) is 21.1. The number of thiophene rings is 1. The summed E-state index contributed by atoms with van der Waals surface area (Å²) in [6, 6.07) is 101. The van der Waals surface area contributed by atoms with Crippen molar-refractivity contribution in [3.63, 3.8) is 0 Å². The lowest BCUT2D eigenvalue weighted by Crippen LogP contribution is -2.28. The van der Waals surface area contributed by atoms with Crippen molar-refractivity contribution in [1.29, 1.82) is 0 Å². The second kappa shape index (κ2) is 19.7. The van der Waals surface area contributed by atoms with Crippen molar-refractivity contribution in [2.24, 2.45) is 0 Å². The van der Waals surface area contributed by atoms with Crippen LogP contribution in [0.3, 0.4) is 0 Å². The molecular weight excluding hydrogens is 997 g/mol. The molecule has 0 saturated carbocycles. The maximum Gasteiger partial charge on any atom is 0.0714 e. The van der Waals surface area contributed by atoms with Gasteiger partial charge in [0, 0.05) is 59.3 Å². The van der Waals surface area contributed by atoms with Gasteiger partial charge in [0.2, 0.25) is 0 Å². The topological polar surface area (TPSA) is 8.17 Å². The summed E-state index contributed by atoms with van der Waals surface area (Å²) in [4.78, 5) is 2.47. The van der Waals surface area contributed by atoms with Crippen molar-refractivity contribution in [3.05, 3.63) is 326 Å². The van der Waals surface area contributed by atoms with E-state index in [9.17, 15) is 0 Å². The summed E-state index contributed by atoms with van der Waals surface area (Å²) >= 11 is 1.89. The fourth-order valence-electron chi connectivity index (χ4n) is 13.3. The zero-order valence-corrected chi connectivity index (χ0v) is 45.6. The highest BCUT2D eigenvalue weighted by Gasteiger charge is 2.46. The zero-order chi connectivity index (χ0) is 54.0. The number of hydrogen-bond donors (Lipinski definition) is 0. The van der Waals surface area contributed by atoms with Gasteiger partial charge >= 0.3 is 0 Å². The summed E-state index contributed by atoms with van der Waals surface area (Å²) in [6.45, 7) is 6.41. The quantitative estimate of drug-likeness (QED) is 0.117. The van der Waals surface area contributed by atoms with Gasteiger partial charge in [0.15, 0.2) is 0 Å². The third kappa shape index (κ3) is 7.69. The number of aromatic nitrogens is 1. The summed E-state index contributed by atoms with van der Waals surface area (Å²) in [5.41, 5.74) is 20.6. The van der Waals surface area contributed by atoms with Gasteiger partial charge in [0.25, 0.3) is 0 Å². The molecule has 0 amide bonds. The molecule has 15 rings (SSSR count). The van der Waals surface area contributed by atoms with Crippen molar-refractivity contribution in [2.75, 3.05) is 4.90 Å². The molecule has 0 saturated heterocycles. The number of fused-ring (bicyclic) bond motifs is 11. The Morgan fingerprint density at radius 3 is 1.75 bits per heavy atom. The van der Waals surface area contributed by atoms with E-state index in [1.807, 2.05) is 17.4 Å². The first-order valence-corrected chi connectivity index (χ1v) is 28.7. The first kappa shape index (κ1) is 48.1. The van der Waals surface area contributed by atoms with Crippen LogP contribution in [0.2, 0.25) is 0 Å². The van der Waals surface area contributed by atoms with Crippen LogP contribution in [0, 0.1) is 0 Å². The average molecular weight is 1050 g/mol. The van der Waals surface area contributed by atoms with Crippen LogP contribution in [0.25, 0.3) is 103 Å². The summed E-state index contributed by atoms with van der Waals surface area (Å²) < 4.78 is 5.05. The molecule has 2 nitrogen and oxygen atoms in total. The van der Waals surface area contributed by atoms with Crippen LogP contribution >= 0.6 is 11.3 Å². The summed E-state index contributed by atoms with van der Waals surface area (Å²) in [5, 5.41) is 7.37. The molecule has 0 aliphatic heterocycles. The van der Waals surface area contributed by atoms with Gasteiger partial charge in [-0.15, -0.1) is 11.3 Å². The van der Waals surface area contributed by atoms with Gasteiger partial charge in [0.05, 0.1) is 16.4 Å². The molecule has 1 aliphatic carbocycles.